The highest BCUT2D eigenvalue weighted by Crippen LogP contribution is 2.50. The van der Waals surface area contributed by atoms with E-state index in [0.29, 0.717) is 109 Å². The van der Waals surface area contributed by atoms with E-state index < -0.39 is 0 Å². The predicted molar refractivity (Wildman–Crippen MR) is 270 cm³/mol. The van der Waals surface area contributed by atoms with Crippen LogP contribution in [-0.4, -0.2) is 246 Å². The summed E-state index contributed by atoms with van der Waals surface area (Å²) in [6, 6.07) is 1.86. The quantitative estimate of drug-likeness (QED) is 0.185. The molecule has 0 radical (unpaired) electrons. The summed E-state index contributed by atoms with van der Waals surface area (Å²) in [7, 11) is 9.48. The number of nitrogens with one attached hydrogen (secondary N) is 8. The van der Waals surface area contributed by atoms with Gasteiger partial charge in [0, 0.05) is 141 Å². The summed E-state index contributed by atoms with van der Waals surface area (Å²) in [4.78, 5) is 22.8. The lowest BCUT2D eigenvalue weighted by Crippen LogP contribution is -2.79. The molecule has 0 aromatic carbocycles. The van der Waals surface area contributed by atoms with Crippen LogP contribution in [0.25, 0.3) is 0 Å². The van der Waals surface area contributed by atoms with E-state index in [1.165, 1.54) is 182 Å². The van der Waals surface area contributed by atoms with E-state index in [-0.39, 0.29) is 12.3 Å². The Labute approximate surface area is 411 Å². The van der Waals surface area contributed by atoms with Crippen molar-refractivity contribution in [1.82, 2.24) is 81.7 Å². The number of likely N-dealkylation sites (N-methyl/N-ethyl adjacent to an activating group) is 4. The highest BCUT2D eigenvalue weighted by molar-refractivity contribution is 5.21. The van der Waals surface area contributed by atoms with Crippen molar-refractivity contribution in [3.63, 3.8) is 0 Å². The Morgan fingerprint density at radius 3 is 0.662 bits per heavy atom. The van der Waals surface area contributed by atoms with Crippen molar-refractivity contribution in [3.8, 4) is 0 Å². The molecule has 9 aliphatic heterocycles. The van der Waals surface area contributed by atoms with Crippen LogP contribution in [0.2, 0.25) is 0 Å². The summed E-state index contributed by atoms with van der Waals surface area (Å²) in [5.74, 6) is 4.93. The molecule has 9 saturated heterocycles. The fourth-order valence-electron chi connectivity index (χ4n) is 18.3. The molecule has 9 heterocycles. The van der Waals surface area contributed by atoms with Crippen LogP contribution in [0, 0.1) is 47.3 Å². The fourth-order valence-corrected chi connectivity index (χ4v) is 18.3. The molecular weight excluding hydrogens is 849 g/mol. The van der Waals surface area contributed by atoms with Crippen LogP contribution in [0.5, 0.6) is 0 Å². The van der Waals surface area contributed by atoms with Crippen LogP contribution in [-0.2, 0) is 0 Å². The van der Waals surface area contributed by atoms with Gasteiger partial charge in [-0.2, -0.15) is 0 Å². The Morgan fingerprint density at radius 1 is 0.235 bits per heavy atom. The topological polar surface area (TPSA) is 122 Å². The first-order chi connectivity index (χ1) is 33.3. The van der Waals surface area contributed by atoms with Gasteiger partial charge in [0.2, 0.25) is 0 Å². The molecule has 0 amide bonds. The van der Waals surface area contributed by atoms with Gasteiger partial charge in [-0.25, -0.2) is 0 Å². The third-order valence-electron chi connectivity index (χ3n) is 22.0. The van der Waals surface area contributed by atoms with Gasteiger partial charge in [0.15, 0.2) is 0 Å². The molecule has 68 heavy (non-hydrogen) atoms. The predicted octanol–water partition coefficient (Wildman–Crippen LogP) is -0.491. The molecule has 13 rings (SSSR count). The molecule has 384 valence electrons. The van der Waals surface area contributed by atoms with Gasteiger partial charge in [-0.1, -0.05) is 38.5 Å². The van der Waals surface area contributed by atoms with Gasteiger partial charge in [-0.3, -0.25) is 62.1 Å². The zero-order valence-corrected chi connectivity index (χ0v) is 42.9. The Kier molecular flexibility index (Phi) is 13.8. The minimum atomic E-state index is 0.210. The summed E-state index contributed by atoms with van der Waals surface area (Å²) in [6.45, 7) is 18.8. The summed E-state index contributed by atoms with van der Waals surface area (Å²) < 4.78 is 0. The molecule has 8 N–H and O–H groups in total. The third-order valence-corrected chi connectivity index (χ3v) is 22.0. The minimum absolute atomic E-state index is 0.210. The molecule has 16 heteroatoms. The molecular formula is C52H96N16. The summed E-state index contributed by atoms with van der Waals surface area (Å²) in [5, 5.41) is 36.1. The van der Waals surface area contributed by atoms with Crippen molar-refractivity contribution >= 4 is 0 Å². The smallest absolute Gasteiger partial charge is 0.0645 e. The van der Waals surface area contributed by atoms with Crippen molar-refractivity contribution in [1.29, 1.82) is 0 Å². The molecule has 13 aliphatic rings. The van der Waals surface area contributed by atoms with Crippen LogP contribution in [0.15, 0.2) is 0 Å². The fraction of sp³-hybridized carbons (Fsp3) is 1.00. The highest BCUT2D eigenvalue weighted by atomic mass is 15.5. The number of fused-ring (bicyclic) bond motifs is 20. The first kappa shape index (κ1) is 47.1. The maximum atomic E-state index is 4.69. The number of hydrogen-bond acceptors (Lipinski definition) is 16. The Morgan fingerprint density at radius 2 is 0.426 bits per heavy atom. The first-order valence-corrected chi connectivity index (χ1v) is 29.1. The molecule has 16 nitrogen and oxygen atoms in total. The normalized spacial score (nSPS) is 51.0. The van der Waals surface area contributed by atoms with Crippen molar-refractivity contribution in [2.45, 2.75) is 151 Å². The van der Waals surface area contributed by atoms with Crippen LogP contribution in [0.3, 0.4) is 0 Å². The summed E-state index contributed by atoms with van der Waals surface area (Å²) >= 11 is 0. The van der Waals surface area contributed by atoms with Gasteiger partial charge in [-0.15, -0.1) is 0 Å². The third kappa shape index (κ3) is 8.70. The maximum Gasteiger partial charge on any atom is 0.0645 e. The molecule has 20 unspecified atom stereocenters. The lowest BCUT2D eigenvalue weighted by Gasteiger charge is -2.63. The number of piperazine rings is 4. The van der Waals surface area contributed by atoms with Crippen LogP contribution >= 0.6 is 0 Å². The van der Waals surface area contributed by atoms with E-state index in [1.54, 1.807) is 0 Å². The molecule has 0 aromatic rings. The second kappa shape index (κ2) is 19.9. The van der Waals surface area contributed by atoms with Gasteiger partial charge >= 0.3 is 0 Å². The number of nitrogens with zero attached hydrogens (tertiary/aromatic N) is 8. The molecule has 20 atom stereocenters. The second-order valence-corrected chi connectivity index (χ2v) is 25.5. The van der Waals surface area contributed by atoms with Crippen molar-refractivity contribution in [2.75, 3.05) is 133 Å². The van der Waals surface area contributed by atoms with E-state index in [9.17, 15) is 0 Å². The van der Waals surface area contributed by atoms with Crippen LogP contribution in [0.4, 0.5) is 0 Å². The molecule has 13 fully saturated rings. The molecule has 0 spiro atoms. The maximum absolute atomic E-state index is 4.69. The largest absolute Gasteiger partial charge is 0.304 e. The Bertz CT molecular complexity index is 1560. The molecule has 4 saturated carbocycles. The number of rotatable bonds is 4. The van der Waals surface area contributed by atoms with Crippen molar-refractivity contribution in [3.05, 3.63) is 0 Å². The van der Waals surface area contributed by atoms with Gasteiger partial charge in [0.05, 0.1) is 49.3 Å². The lowest BCUT2D eigenvalue weighted by molar-refractivity contribution is -0.129. The van der Waals surface area contributed by atoms with E-state index in [4.69, 9.17) is 0 Å². The highest BCUT2D eigenvalue weighted by Gasteiger charge is 2.65. The summed E-state index contributed by atoms with van der Waals surface area (Å²) in [6.07, 6.45) is 18.7. The molecule has 8 bridgehead atoms. The Balaban J connectivity index is 0.947. The molecule has 4 aliphatic carbocycles. The molecule has 0 aromatic heterocycles. The monoisotopic (exact) mass is 945 g/mol. The van der Waals surface area contributed by atoms with E-state index in [2.05, 4.69) is 110 Å². The Hall–Kier alpha value is -0.640. The van der Waals surface area contributed by atoms with Crippen LogP contribution in [0.1, 0.15) is 77.0 Å². The SMILES string of the molecule is CN1CCN(C2C3C4NC5NC(NC6NC(NC7NC(NC(N4)C3C(N3CCN(C)CC3)C(N3CCN(C)CC3)C2N2CCN(C)CC2)C2CCCCC72)C2CCCCC62)C2CCCCC52)CC1. The van der Waals surface area contributed by atoms with Crippen LogP contribution < -0.4 is 42.5 Å². The average molecular weight is 945 g/mol. The lowest BCUT2D eigenvalue weighted by atomic mass is 9.64. The number of hydrogen-bond donors (Lipinski definition) is 8. The average Bonchev–Trinajstić information content (AvgIpc) is 4.10. The van der Waals surface area contributed by atoms with Gasteiger partial charge in [0.1, 0.15) is 0 Å². The van der Waals surface area contributed by atoms with E-state index >= 15 is 0 Å². The minimum Gasteiger partial charge on any atom is -0.304 e. The van der Waals surface area contributed by atoms with Gasteiger partial charge < -0.3 is 19.6 Å². The zero-order chi connectivity index (χ0) is 45.6. The second-order valence-electron chi connectivity index (χ2n) is 25.5. The van der Waals surface area contributed by atoms with Crippen molar-refractivity contribution in [2.24, 2.45) is 47.3 Å². The summed E-state index contributed by atoms with van der Waals surface area (Å²) in [5.41, 5.74) is 0. The van der Waals surface area contributed by atoms with Gasteiger partial charge in [0.25, 0.3) is 0 Å². The van der Waals surface area contributed by atoms with Gasteiger partial charge in [-0.05, 0) is 102 Å². The first-order valence-electron chi connectivity index (χ1n) is 29.1. The standard InChI is InChI=1S/C52H96N16/c1-61-17-25-65(26-18-61)41-39-40(42(66-27-19-62(2)20-28-66)44(68-31-23-64(4)24-32-68)43(41)67-29-21-63(3)22-30-67)52-59-50-38-16-10-8-14-36(38)48(57-50)55-46-34-12-6-5-11-33(34)45(53-46)54-47-35-13-7-9-15-37(35)49(56-47)58-51(39)60-52/h33-60H,5-32H2,1-4H3. The van der Waals surface area contributed by atoms with Crippen molar-refractivity contribution < 1.29 is 0 Å². The van der Waals surface area contributed by atoms with E-state index in [1.807, 2.05) is 0 Å². The zero-order valence-electron chi connectivity index (χ0n) is 42.9. The van der Waals surface area contributed by atoms with E-state index in [0.717, 1.165) is 0 Å².